The molecule has 0 aromatic carbocycles. The van der Waals surface area contributed by atoms with Crippen LogP contribution in [0.5, 0.6) is 0 Å². The molecule has 0 spiro atoms. The first-order chi connectivity index (χ1) is 8.58. The predicted octanol–water partition coefficient (Wildman–Crippen LogP) is 2.90. The largest absolute Gasteiger partial charge is 0.481 e. The van der Waals surface area contributed by atoms with Crippen molar-refractivity contribution >= 4 is 5.97 Å². The molecule has 5 unspecified atom stereocenters. The number of carbonyl (C=O) groups is 1. The number of nitrogens with one attached hydrogen (secondary N) is 1. The lowest BCUT2D eigenvalue weighted by molar-refractivity contribution is -0.142. The zero-order chi connectivity index (χ0) is 13.1. The van der Waals surface area contributed by atoms with Gasteiger partial charge in [0.15, 0.2) is 0 Å². The summed E-state index contributed by atoms with van der Waals surface area (Å²) in [6.07, 6.45) is 6.87. The Morgan fingerprint density at radius 1 is 1.17 bits per heavy atom. The molecule has 2 aliphatic rings. The quantitative estimate of drug-likeness (QED) is 0.810. The minimum atomic E-state index is -0.593. The van der Waals surface area contributed by atoms with Gasteiger partial charge >= 0.3 is 5.97 Å². The van der Waals surface area contributed by atoms with Crippen LogP contribution in [0.3, 0.4) is 0 Å². The molecule has 2 N–H and O–H groups in total. The Balaban J connectivity index is 1.76. The summed E-state index contributed by atoms with van der Waals surface area (Å²) in [5, 5.41) is 12.8. The maximum absolute atomic E-state index is 11.1. The molecule has 2 fully saturated rings. The van der Waals surface area contributed by atoms with E-state index in [1.165, 1.54) is 19.3 Å². The van der Waals surface area contributed by atoms with Crippen LogP contribution in [0.25, 0.3) is 0 Å². The second-order valence-corrected chi connectivity index (χ2v) is 6.51. The van der Waals surface area contributed by atoms with Crippen LogP contribution in [-0.4, -0.2) is 23.7 Å². The number of aliphatic carboxylic acids is 1. The molecule has 0 bridgehead atoms. The fourth-order valence-electron chi connectivity index (χ4n) is 3.66. The van der Waals surface area contributed by atoms with Gasteiger partial charge in [-0.3, -0.25) is 4.79 Å². The molecule has 0 aliphatic heterocycles. The molecule has 0 amide bonds. The standard InChI is InChI=1S/C15H27NO2/c1-10-6-7-13(8-11(10)2)16-9-12-4-3-5-14(12)15(17)18/h10-14,16H,3-9H2,1-2H3,(H,17,18). The molecule has 0 aromatic heterocycles. The molecular formula is C15H27NO2. The lowest BCUT2D eigenvalue weighted by atomic mass is 9.79. The Labute approximate surface area is 110 Å². The van der Waals surface area contributed by atoms with Crippen molar-refractivity contribution in [3.63, 3.8) is 0 Å². The van der Waals surface area contributed by atoms with Gasteiger partial charge in [0.25, 0.3) is 0 Å². The van der Waals surface area contributed by atoms with Crippen LogP contribution in [0.2, 0.25) is 0 Å². The van der Waals surface area contributed by atoms with Crippen molar-refractivity contribution in [1.29, 1.82) is 0 Å². The third kappa shape index (κ3) is 3.25. The highest BCUT2D eigenvalue weighted by Gasteiger charge is 2.33. The van der Waals surface area contributed by atoms with Gasteiger partial charge in [-0.25, -0.2) is 0 Å². The van der Waals surface area contributed by atoms with Crippen LogP contribution >= 0.6 is 0 Å². The Kier molecular flexibility index (Phi) is 4.66. The van der Waals surface area contributed by atoms with Crippen molar-refractivity contribution in [2.45, 2.75) is 58.4 Å². The third-order valence-corrected chi connectivity index (χ3v) is 5.24. The fraction of sp³-hybridized carbons (Fsp3) is 0.933. The fourth-order valence-corrected chi connectivity index (χ4v) is 3.66. The van der Waals surface area contributed by atoms with Crippen molar-refractivity contribution in [3.8, 4) is 0 Å². The van der Waals surface area contributed by atoms with E-state index in [1.54, 1.807) is 0 Å². The number of hydrogen-bond donors (Lipinski definition) is 2. The molecule has 104 valence electrons. The number of hydrogen-bond acceptors (Lipinski definition) is 2. The SMILES string of the molecule is CC1CCC(NCC2CCCC2C(=O)O)CC1C. The van der Waals surface area contributed by atoms with E-state index in [-0.39, 0.29) is 5.92 Å². The molecule has 2 aliphatic carbocycles. The van der Waals surface area contributed by atoms with E-state index >= 15 is 0 Å². The van der Waals surface area contributed by atoms with Crippen molar-refractivity contribution in [2.75, 3.05) is 6.54 Å². The lowest BCUT2D eigenvalue weighted by Gasteiger charge is -2.33. The predicted molar refractivity (Wildman–Crippen MR) is 72.4 cm³/mol. The van der Waals surface area contributed by atoms with E-state index in [0.717, 1.165) is 37.6 Å². The van der Waals surface area contributed by atoms with E-state index in [2.05, 4.69) is 19.2 Å². The van der Waals surface area contributed by atoms with E-state index in [0.29, 0.717) is 12.0 Å². The highest BCUT2D eigenvalue weighted by atomic mass is 16.4. The normalized spacial score (nSPS) is 40.9. The molecule has 0 radical (unpaired) electrons. The molecule has 2 saturated carbocycles. The molecule has 18 heavy (non-hydrogen) atoms. The van der Waals surface area contributed by atoms with Gasteiger partial charge < -0.3 is 10.4 Å². The minimum Gasteiger partial charge on any atom is -0.481 e. The maximum atomic E-state index is 11.1. The smallest absolute Gasteiger partial charge is 0.306 e. The van der Waals surface area contributed by atoms with Crippen molar-refractivity contribution in [2.24, 2.45) is 23.7 Å². The highest BCUT2D eigenvalue weighted by molar-refractivity contribution is 5.70. The minimum absolute atomic E-state index is 0.0996. The van der Waals surface area contributed by atoms with Gasteiger partial charge in [-0.2, -0.15) is 0 Å². The second-order valence-electron chi connectivity index (χ2n) is 6.51. The summed E-state index contributed by atoms with van der Waals surface area (Å²) in [4.78, 5) is 11.1. The van der Waals surface area contributed by atoms with Crippen molar-refractivity contribution < 1.29 is 9.90 Å². The van der Waals surface area contributed by atoms with E-state index < -0.39 is 5.97 Å². The van der Waals surface area contributed by atoms with Crippen LogP contribution in [0.4, 0.5) is 0 Å². The number of carboxylic acids is 1. The van der Waals surface area contributed by atoms with Crippen molar-refractivity contribution in [1.82, 2.24) is 5.32 Å². The number of carboxylic acid groups (broad SMARTS) is 1. The van der Waals surface area contributed by atoms with Gasteiger partial charge in [0.05, 0.1) is 5.92 Å². The monoisotopic (exact) mass is 253 g/mol. The van der Waals surface area contributed by atoms with Gasteiger partial charge in [-0.05, 0) is 56.4 Å². The Morgan fingerprint density at radius 3 is 2.61 bits per heavy atom. The molecule has 0 saturated heterocycles. The molecule has 3 heteroatoms. The average molecular weight is 253 g/mol. The summed E-state index contributed by atoms with van der Waals surface area (Å²) >= 11 is 0. The zero-order valence-electron chi connectivity index (χ0n) is 11.7. The first kappa shape index (κ1) is 13.9. The van der Waals surface area contributed by atoms with Crippen LogP contribution in [-0.2, 0) is 4.79 Å². The third-order valence-electron chi connectivity index (χ3n) is 5.24. The van der Waals surface area contributed by atoms with E-state index in [9.17, 15) is 4.79 Å². The van der Waals surface area contributed by atoms with Gasteiger partial charge in [0.1, 0.15) is 0 Å². The zero-order valence-corrected chi connectivity index (χ0v) is 11.7. The second kappa shape index (κ2) is 6.05. The van der Waals surface area contributed by atoms with Crippen LogP contribution in [0.15, 0.2) is 0 Å². The Morgan fingerprint density at radius 2 is 1.94 bits per heavy atom. The van der Waals surface area contributed by atoms with Crippen LogP contribution < -0.4 is 5.32 Å². The summed E-state index contributed by atoms with van der Waals surface area (Å²) in [5.41, 5.74) is 0. The summed E-state index contributed by atoms with van der Waals surface area (Å²) in [6.45, 7) is 5.59. The summed E-state index contributed by atoms with van der Waals surface area (Å²) < 4.78 is 0. The van der Waals surface area contributed by atoms with E-state index in [4.69, 9.17) is 5.11 Å². The molecule has 0 aromatic rings. The van der Waals surface area contributed by atoms with E-state index in [1.807, 2.05) is 0 Å². The maximum Gasteiger partial charge on any atom is 0.306 e. The molecule has 3 nitrogen and oxygen atoms in total. The first-order valence-corrected chi connectivity index (χ1v) is 7.54. The van der Waals surface area contributed by atoms with Gasteiger partial charge in [-0.15, -0.1) is 0 Å². The Hall–Kier alpha value is -0.570. The molecular weight excluding hydrogens is 226 g/mol. The Bertz CT molecular complexity index is 292. The summed E-state index contributed by atoms with van der Waals surface area (Å²) in [7, 11) is 0. The van der Waals surface area contributed by atoms with Crippen LogP contribution in [0, 0.1) is 23.7 Å². The van der Waals surface area contributed by atoms with Gasteiger partial charge in [0.2, 0.25) is 0 Å². The van der Waals surface area contributed by atoms with Crippen molar-refractivity contribution in [3.05, 3.63) is 0 Å². The van der Waals surface area contributed by atoms with Gasteiger partial charge in [0, 0.05) is 6.04 Å². The summed E-state index contributed by atoms with van der Waals surface area (Å²) in [6, 6.07) is 0.617. The van der Waals surface area contributed by atoms with Crippen LogP contribution in [0.1, 0.15) is 52.4 Å². The highest BCUT2D eigenvalue weighted by Crippen LogP contribution is 2.33. The average Bonchev–Trinajstić information content (AvgIpc) is 2.79. The topological polar surface area (TPSA) is 49.3 Å². The summed E-state index contributed by atoms with van der Waals surface area (Å²) in [5.74, 6) is 1.32. The number of rotatable bonds is 4. The molecule has 0 heterocycles. The molecule has 5 atom stereocenters. The van der Waals surface area contributed by atoms with Gasteiger partial charge in [-0.1, -0.05) is 20.3 Å². The molecule has 2 rings (SSSR count). The lowest BCUT2D eigenvalue weighted by Crippen LogP contribution is -2.40. The first-order valence-electron chi connectivity index (χ1n) is 7.54.